The van der Waals surface area contributed by atoms with Crippen LogP contribution in [0, 0.1) is 11.8 Å². The number of carbonyl (C=O) groups is 2. The largest absolute Gasteiger partial charge is 0.471 e. The number of ether oxygens (including phenoxy) is 5. The molecule has 0 spiro atoms. The fraction of sp³-hybridized carbons (Fsp3) is 0.684. The van der Waals surface area contributed by atoms with E-state index < -0.39 is 73.5 Å². The van der Waals surface area contributed by atoms with Gasteiger partial charge >= 0.3 is 11.9 Å². The van der Waals surface area contributed by atoms with Crippen LogP contribution in [-0.4, -0.2) is 101 Å². The van der Waals surface area contributed by atoms with Crippen LogP contribution < -0.4 is 0 Å². The number of carbonyl (C=O) groups excluding carboxylic acids is 2. The fourth-order valence-corrected chi connectivity index (χ4v) is 3.96. The average molecular weight is 446 g/mol. The number of methoxy groups -OCH3 is 1. The molecule has 0 aromatic carbocycles. The Bertz CT molecular complexity index is 746. The van der Waals surface area contributed by atoms with Crippen LogP contribution >= 0.6 is 0 Å². The van der Waals surface area contributed by atoms with Crippen LogP contribution in [0.3, 0.4) is 0 Å². The standard InChI is InChI=1S/C19H26O12/c1-7(21)28-5-8-3-10(22)13-9(17(26)27-2)6-29-18(12(8)13)31-19-16(25)15(24)14(23)11(4-20)30-19/h3,6,10-16,18-20,22-25H,4-5H2,1-2H3/t10-,11?,12+,13-,14+,15-,16+,18-,19-/m0/s1. The summed E-state index contributed by atoms with van der Waals surface area (Å²) in [5, 5.41) is 50.0. The summed E-state index contributed by atoms with van der Waals surface area (Å²) in [7, 11) is 1.17. The Morgan fingerprint density at radius 1 is 1.06 bits per heavy atom. The number of aliphatic hydroxyl groups is 5. The second kappa shape index (κ2) is 9.61. The highest BCUT2D eigenvalue weighted by atomic mass is 16.8. The van der Waals surface area contributed by atoms with Crippen molar-refractivity contribution in [3.8, 4) is 0 Å². The van der Waals surface area contributed by atoms with Crippen molar-refractivity contribution in [2.75, 3.05) is 20.3 Å². The molecule has 1 fully saturated rings. The number of hydrogen-bond acceptors (Lipinski definition) is 12. The van der Waals surface area contributed by atoms with Gasteiger partial charge in [-0.25, -0.2) is 4.79 Å². The number of rotatable bonds is 6. The highest BCUT2D eigenvalue weighted by molar-refractivity contribution is 5.89. The molecule has 12 heteroatoms. The summed E-state index contributed by atoms with van der Waals surface area (Å²) in [6.07, 6.45) is -7.54. The molecule has 0 radical (unpaired) electrons. The summed E-state index contributed by atoms with van der Waals surface area (Å²) in [6, 6.07) is 0. The molecule has 31 heavy (non-hydrogen) atoms. The van der Waals surface area contributed by atoms with Crippen molar-refractivity contribution in [3.63, 3.8) is 0 Å². The van der Waals surface area contributed by atoms with Gasteiger partial charge in [0.2, 0.25) is 6.29 Å². The monoisotopic (exact) mass is 446 g/mol. The summed E-state index contributed by atoms with van der Waals surface area (Å²) in [5.41, 5.74) is 0.430. The second-order valence-corrected chi connectivity index (χ2v) is 7.47. The summed E-state index contributed by atoms with van der Waals surface area (Å²) >= 11 is 0. The average Bonchev–Trinajstić information content (AvgIpc) is 3.09. The third kappa shape index (κ3) is 4.60. The Kier molecular flexibility index (Phi) is 7.31. The van der Waals surface area contributed by atoms with E-state index in [1.165, 1.54) is 20.1 Å². The molecule has 0 saturated carbocycles. The molecule has 5 N–H and O–H groups in total. The Labute approximate surface area is 177 Å². The van der Waals surface area contributed by atoms with Crippen molar-refractivity contribution < 1.29 is 58.8 Å². The number of aliphatic hydroxyl groups excluding tert-OH is 5. The molecule has 2 aliphatic heterocycles. The summed E-state index contributed by atoms with van der Waals surface area (Å²) in [6.45, 7) is 0.355. The van der Waals surface area contributed by atoms with Gasteiger partial charge in [0.25, 0.3) is 0 Å². The highest BCUT2D eigenvalue weighted by Gasteiger charge is 2.52. The van der Waals surface area contributed by atoms with Gasteiger partial charge in [0, 0.05) is 12.8 Å². The van der Waals surface area contributed by atoms with Crippen molar-refractivity contribution in [3.05, 3.63) is 23.5 Å². The quantitative estimate of drug-likeness (QED) is 0.211. The normalized spacial score (nSPS) is 39.6. The summed E-state index contributed by atoms with van der Waals surface area (Å²) < 4.78 is 26.3. The first-order valence-corrected chi connectivity index (χ1v) is 9.61. The van der Waals surface area contributed by atoms with Crippen molar-refractivity contribution in [1.29, 1.82) is 0 Å². The van der Waals surface area contributed by atoms with Crippen molar-refractivity contribution >= 4 is 11.9 Å². The summed E-state index contributed by atoms with van der Waals surface area (Å²) in [5.74, 6) is -2.99. The molecule has 9 atom stereocenters. The Hall–Kier alpha value is -2.06. The van der Waals surface area contributed by atoms with Crippen molar-refractivity contribution in [2.45, 2.75) is 50.0 Å². The highest BCUT2D eigenvalue weighted by Crippen LogP contribution is 2.44. The molecule has 0 aromatic rings. The third-order valence-corrected chi connectivity index (χ3v) is 5.53. The maximum Gasteiger partial charge on any atom is 0.337 e. The topological polar surface area (TPSA) is 181 Å². The van der Waals surface area contributed by atoms with Crippen LogP contribution in [0.4, 0.5) is 0 Å². The number of hydrogen-bond donors (Lipinski definition) is 5. The molecule has 12 nitrogen and oxygen atoms in total. The minimum absolute atomic E-state index is 0.0303. The van der Waals surface area contributed by atoms with Gasteiger partial charge < -0.3 is 49.2 Å². The molecule has 0 bridgehead atoms. The maximum absolute atomic E-state index is 12.2. The van der Waals surface area contributed by atoms with Crippen LogP contribution in [-0.2, 0) is 33.3 Å². The van der Waals surface area contributed by atoms with Gasteiger partial charge in [0.15, 0.2) is 6.29 Å². The van der Waals surface area contributed by atoms with E-state index in [0.717, 1.165) is 6.26 Å². The SMILES string of the molecule is COC(=O)C1=CO[C@@H](O[C@@H]2OC(CO)[C@@H](O)[C@H](O)[C@H]2O)[C@@H]2C(COC(C)=O)=C[C@H](O)[C@H]12. The van der Waals surface area contributed by atoms with Crippen LogP contribution in [0.1, 0.15) is 6.92 Å². The molecule has 0 amide bonds. The van der Waals surface area contributed by atoms with E-state index in [4.69, 9.17) is 23.7 Å². The molecular weight excluding hydrogens is 420 g/mol. The Morgan fingerprint density at radius 2 is 1.77 bits per heavy atom. The van der Waals surface area contributed by atoms with Crippen LogP contribution in [0.15, 0.2) is 23.5 Å². The molecule has 1 aliphatic carbocycles. The fourth-order valence-electron chi connectivity index (χ4n) is 3.96. The van der Waals surface area contributed by atoms with Crippen LogP contribution in [0.2, 0.25) is 0 Å². The van der Waals surface area contributed by atoms with E-state index in [1.54, 1.807) is 0 Å². The van der Waals surface area contributed by atoms with Crippen LogP contribution in [0.25, 0.3) is 0 Å². The molecule has 3 aliphatic rings. The first-order valence-electron chi connectivity index (χ1n) is 9.61. The van der Waals surface area contributed by atoms with E-state index in [2.05, 4.69) is 0 Å². The first kappa shape index (κ1) is 23.6. The van der Waals surface area contributed by atoms with E-state index in [0.29, 0.717) is 5.57 Å². The zero-order valence-corrected chi connectivity index (χ0v) is 16.9. The third-order valence-electron chi connectivity index (χ3n) is 5.53. The lowest BCUT2D eigenvalue weighted by Gasteiger charge is -2.43. The molecule has 1 unspecified atom stereocenters. The number of esters is 2. The molecule has 3 rings (SSSR count). The minimum Gasteiger partial charge on any atom is -0.471 e. The lowest BCUT2D eigenvalue weighted by atomic mass is 9.82. The summed E-state index contributed by atoms with van der Waals surface area (Å²) in [4.78, 5) is 23.4. The Balaban J connectivity index is 1.86. The van der Waals surface area contributed by atoms with Gasteiger partial charge in [-0.1, -0.05) is 6.08 Å². The van der Waals surface area contributed by atoms with Crippen molar-refractivity contribution in [1.82, 2.24) is 0 Å². The van der Waals surface area contributed by atoms with Gasteiger partial charge in [-0.05, 0) is 5.57 Å². The predicted octanol–water partition coefficient (Wildman–Crippen LogP) is -2.69. The molecule has 174 valence electrons. The maximum atomic E-state index is 12.2. The van der Waals surface area contributed by atoms with Gasteiger partial charge in [-0.15, -0.1) is 0 Å². The van der Waals surface area contributed by atoms with Gasteiger partial charge in [-0.3, -0.25) is 4.79 Å². The smallest absolute Gasteiger partial charge is 0.337 e. The lowest BCUT2D eigenvalue weighted by molar-refractivity contribution is -0.340. The van der Waals surface area contributed by atoms with Crippen LogP contribution in [0.5, 0.6) is 0 Å². The minimum atomic E-state index is -1.68. The van der Waals surface area contributed by atoms with Gasteiger partial charge in [0.1, 0.15) is 31.0 Å². The molecule has 0 aromatic heterocycles. The number of fused-ring (bicyclic) bond motifs is 1. The van der Waals surface area contributed by atoms with Gasteiger partial charge in [0.05, 0.1) is 37.6 Å². The zero-order chi connectivity index (χ0) is 22.9. The first-order chi connectivity index (χ1) is 14.7. The zero-order valence-electron chi connectivity index (χ0n) is 16.9. The van der Waals surface area contributed by atoms with E-state index in [1.807, 2.05) is 0 Å². The van der Waals surface area contributed by atoms with E-state index in [9.17, 15) is 35.1 Å². The molecule has 2 heterocycles. The molecular formula is C19H26O12. The van der Waals surface area contributed by atoms with E-state index in [-0.39, 0.29) is 12.2 Å². The molecule has 1 saturated heterocycles. The lowest BCUT2D eigenvalue weighted by Crippen LogP contribution is -2.60. The van der Waals surface area contributed by atoms with E-state index >= 15 is 0 Å². The van der Waals surface area contributed by atoms with Gasteiger partial charge in [-0.2, -0.15) is 0 Å². The Morgan fingerprint density at radius 3 is 2.39 bits per heavy atom. The predicted molar refractivity (Wildman–Crippen MR) is 97.5 cm³/mol. The van der Waals surface area contributed by atoms with Crippen molar-refractivity contribution in [2.24, 2.45) is 11.8 Å². The second-order valence-electron chi connectivity index (χ2n) is 7.47.